The Morgan fingerprint density at radius 1 is 1.38 bits per heavy atom. The standard InChI is InChI=1S/C9H19N3O/c10-5-3-8-2-1-6-12(7-4-8)9(11)13/h8H,1-7,10H2,(H2,11,13). The van der Waals surface area contributed by atoms with Crippen LogP contribution >= 0.6 is 0 Å². The molecular weight excluding hydrogens is 166 g/mol. The summed E-state index contributed by atoms with van der Waals surface area (Å²) in [4.78, 5) is 12.6. The molecule has 4 N–H and O–H groups in total. The fraction of sp³-hybridized carbons (Fsp3) is 0.889. The minimum Gasteiger partial charge on any atom is -0.351 e. The maximum atomic E-state index is 10.9. The molecule has 1 unspecified atom stereocenters. The lowest BCUT2D eigenvalue weighted by molar-refractivity contribution is 0.209. The molecule has 0 aliphatic carbocycles. The zero-order valence-corrected chi connectivity index (χ0v) is 8.04. The van der Waals surface area contributed by atoms with Crippen LogP contribution in [0.25, 0.3) is 0 Å². The van der Waals surface area contributed by atoms with Crippen LogP contribution in [0.3, 0.4) is 0 Å². The highest BCUT2D eigenvalue weighted by Gasteiger charge is 2.17. The third-order valence-electron chi connectivity index (χ3n) is 2.73. The average molecular weight is 185 g/mol. The van der Waals surface area contributed by atoms with Crippen LogP contribution in [0.4, 0.5) is 4.79 Å². The molecule has 1 rings (SSSR count). The topological polar surface area (TPSA) is 72.3 Å². The van der Waals surface area contributed by atoms with Gasteiger partial charge in [-0.3, -0.25) is 0 Å². The zero-order chi connectivity index (χ0) is 9.68. The number of likely N-dealkylation sites (tertiary alicyclic amines) is 1. The summed E-state index contributed by atoms with van der Waals surface area (Å²) < 4.78 is 0. The quantitative estimate of drug-likeness (QED) is 0.658. The van der Waals surface area contributed by atoms with Crippen molar-refractivity contribution in [3.63, 3.8) is 0 Å². The molecule has 1 fully saturated rings. The maximum absolute atomic E-state index is 10.9. The Labute approximate surface area is 79.3 Å². The first kappa shape index (κ1) is 10.3. The molecule has 0 bridgehead atoms. The van der Waals surface area contributed by atoms with Gasteiger partial charge < -0.3 is 16.4 Å². The number of primary amides is 1. The third-order valence-corrected chi connectivity index (χ3v) is 2.73. The second kappa shape index (κ2) is 5.07. The Morgan fingerprint density at radius 2 is 2.15 bits per heavy atom. The van der Waals surface area contributed by atoms with Crippen LogP contribution in [0.1, 0.15) is 25.7 Å². The van der Waals surface area contributed by atoms with Crippen molar-refractivity contribution in [2.75, 3.05) is 19.6 Å². The predicted molar refractivity (Wildman–Crippen MR) is 52.2 cm³/mol. The lowest BCUT2D eigenvalue weighted by Crippen LogP contribution is -2.36. The minimum absolute atomic E-state index is 0.284. The summed E-state index contributed by atoms with van der Waals surface area (Å²) >= 11 is 0. The van der Waals surface area contributed by atoms with E-state index in [2.05, 4.69) is 0 Å². The van der Waals surface area contributed by atoms with Crippen molar-refractivity contribution >= 4 is 6.03 Å². The van der Waals surface area contributed by atoms with Gasteiger partial charge in [0.2, 0.25) is 0 Å². The summed E-state index contributed by atoms with van der Waals surface area (Å²) in [6, 6.07) is -0.284. The summed E-state index contributed by atoms with van der Waals surface area (Å²) in [5.74, 6) is 0.689. The van der Waals surface area contributed by atoms with Gasteiger partial charge in [0.1, 0.15) is 0 Å². The van der Waals surface area contributed by atoms with Crippen molar-refractivity contribution in [1.82, 2.24) is 4.90 Å². The second-order valence-electron chi connectivity index (χ2n) is 3.70. The summed E-state index contributed by atoms with van der Waals surface area (Å²) in [7, 11) is 0. The van der Waals surface area contributed by atoms with E-state index < -0.39 is 0 Å². The molecule has 13 heavy (non-hydrogen) atoms. The van der Waals surface area contributed by atoms with Gasteiger partial charge in [-0.05, 0) is 38.1 Å². The summed E-state index contributed by atoms with van der Waals surface area (Å²) in [5, 5.41) is 0. The third kappa shape index (κ3) is 3.22. The molecule has 1 saturated heterocycles. The fourth-order valence-corrected chi connectivity index (χ4v) is 1.91. The number of urea groups is 1. The van der Waals surface area contributed by atoms with Gasteiger partial charge in [-0.25, -0.2) is 4.79 Å². The highest BCUT2D eigenvalue weighted by molar-refractivity contribution is 5.71. The Bertz CT molecular complexity index is 172. The number of carbonyl (C=O) groups excluding carboxylic acids is 1. The Kier molecular flexibility index (Phi) is 4.02. The molecule has 0 aromatic heterocycles. The molecular formula is C9H19N3O. The van der Waals surface area contributed by atoms with Crippen LogP contribution in [0, 0.1) is 5.92 Å². The Hall–Kier alpha value is -0.770. The van der Waals surface area contributed by atoms with Crippen LogP contribution in [0.15, 0.2) is 0 Å². The molecule has 0 radical (unpaired) electrons. The van der Waals surface area contributed by atoms with Gasteiger partial charge in [-0.2, -0.15) is 0 Å². The van der Waals surface area contributed by atoms with Crippen molar-refractivity contribution < 1.29 is 4.79 Å². The van der Waals surface area contributed by atoms with Crippen LogP contribution in [-0.2, 0) is 0 Å². The number of rotatable bonds is 2. The van der Waals surface area contributed by atoms with E-state index in [0.29, 0.717) is 5.92 Å². The van der Waals surface area contributed by atoms with E-state index in [1.54, 1.807) is 4.90 Å². The SMILES string of the molecule is NCCC1CCCN(C(N)=O)CC1. The van der Waals surface area contributed by atoms with Crippen molar-refractivity contribution in [1.29, 1.82) is 0 Å². The van der Waals surface area contributed by atoms with Crippen LogP contribution in [0.2, 0.25) is 0 Å². The van der Waals surface area contributed by atoms with Gasteiger partial charge in [0, 0.05) is 13.1 Å². The number of nitrogens with two attached hydrogens (primary N) is 2. The second-order valence-corrected chi connectivity index (χ2v) is 3.70. The number of hydrogen-bond acceptors (Lipinski definition) is 2. The zero-order valence-electron chi connectivity index (χ0n) is 8.04. The Morgan fingerprint density at radius 3 is 2.77 bits per heavy atom. The molecule has 0 aromatic carbocycles. The van der Waals surface area contributed by atoms with Crippen LogP contribution < -0.4 is 11.5 Å². The predicted octanol–water partition coefficient (Wildman–Crippen LogP) is 0.516. The first-order chi connectivity index (χ1) is 6.24. The number of amides is 2. The van der Waals surface area contributed by atoms with E-state index in [4.69, 9.17) is 11.5 Å². The summed E-state index contributed by atoms with van der Waals surface area (Å²) in [5.41, 5.74) is 10.7. The van der Waals surface area contributed by atoms with Crippen LogP contribution in [0.5, 0.6) is 0 Å². The van der Waals surface area contributed by atoms with Gasteiger partial charge in [0.05, 0.1) is 0 Å². The van der Waals surface area contributed by atoms with Crippen molar-refractivity contribution in [3.8, 4) is 0 Å². The average Bonchev–Trinajstić information content (AvgIpc) is 2.30. The number of carbonyl (C=O) groups is 1. The molecule has 1 heterocycles. The van der Waals surface area contributed by atoms with Crippen molar-refractivity contribution in [2.45, 2.75) is 25.7 Å². The van der Waals surface area contributed by atoms with E-state index in [0.717, 1.165) is 38.9 Å². The van der Waals surface area contributed by atoms with Gasteiger partial charge in [-0.15, -0.1) is 0 Å². The highest BCUT2D eigenvalue weighted by Crippen LogP contribution is 2.19. The Balaban J connectivity index is 2.35. The van der Waals surface area contributed by atoms with E-state index in [-0.39, 0.29) is 6.03 Å². The minimum atomic E-state index is -0.284. The van der Waals surface area contributed by atoms with E-state index >= 15 is 0 Å². The number of nitrogens with zero attached hydrogens (tertiary/aromatic N) is 1. The molecule has 0 spiro atoms. The van der Waals surface area contributed by atoms with E-state index in [1.165, 1.54) is 6.42 Å². The summed E-state index contributed by atoms with van der Waals surface area (Å²) in [6.45, 7) is 2.37. The molecule has 1 aliphatic rings. The first-order valence-electron chi connectivity index (χ1n) is 4.98. The fourth-order valence-electron chi connectivity index (χ4n) is 1.91. The largest absolute Gasteiger partial charge is 0.351 e. The molecule has 0 aromatic rings. The normalized spacial score (nSPS) is 24.1. The van der Waals surface area contributed by atoms with Crippen molar-refractivity contribution in [2.24, 2.45) is 17.4 Å². The van der Waals surface area contributed by atoms with E-state index in [1.807, 2.05) is 0 Å². The maximum Gasteiger partial charge on any atom is 0.314 e. The van der Waals surface area contributed by atoms with Gasteiger partial charge in [-0.1, -0.05) is 0 Å². The molecule has 0 saturated carbocycles. The molecule has 76 valence electrons. The molecule has 1 aliphatic heterocycles. The van der Waals surface area contributed by atoms with Gasteiger partial charge >= 0.3 is 6.03 Å². The smallest absolute Gasteiger partial charge is 0.314 e. The highest BCUT2D eigenvalue weighted by atomic mass is 16.2. The monoisotopic (exact) mass is 185 g/mol. The molecule has 4 nitrogen and oxygen atoms in total. The number of hydrogen-bond donors (Lipinski definition) is 2. The molecule has 4 heteroatoms. The molecule has 2 amide bonds. The summed E-state index contributed by atoms with van der Waals surface area (Å²) in [6.07, 6.45) is 4.38. The van der Waals surface area contributed by atoms with Crippen molar-refractivity contribution in [3.05, 3.63) is 0 Å². The lowest BCUT2D eigenvalue weighted by atomic mass is 9.97. The van der Waals surface area contributed by atoms with Gasteiger partial charge in [0.15, 0.2) is 0 Å². The molecule has 1 atom stereocenters. The van der Waals surface area contributed by atoms with E-state index in [9.17, 15) is 4.79 Å². The van der Waals surface area contributed by atoms with Crippen LogP contribution in [-0.4, -0.2) is 30.6 Å². The van der Waals surface area contributed by atoms with Gasteiger partial charge in [0.25, 0.3) is 0 Å². The lowest BCUT2D eigenvalue weighted by Gasteiger charge is -2.17. The first-order valence-corrected chi connectivity index (χ1v) is 4.98.